The molecule has 1 aromatic rings. The third kappa shape index (κ3) is 2.21. The summed E-state index contributed by atoms with van der Waals surface area (Å²) in [7, 11) is 1.94. The minimum Gasteiger partial charge on any atom is -0.393 e. The summed E-state index contributed by atoms with van der Waals surface area (Å²) in [4.78, 5) is 0. The second-order valence-corrected chi connectivity index (χ2v) is 4.55. The van der Waals surface area contributed by atoms with Crippen molar-refractivity contribution in [1.82, 2.24) is 15.1 Å². The highest BCUT2D eigenvalue weighted by Crippen LogP contribution is 2.24. The molecular weight excluding hydrogens is 190 g/mol. The molecule has 1 aliphatic carbocycles. The molecule has 0 saturated heterocycles. The van der Waals surface area contributed by atoms with Gasteiger partial charge in [-0.3, -0.25) is 4.68 Å². The van der Waals surface area contributed by atoms with E-state index in [1.807, 2.05) is 18.7 Å². The van der Waals surface area contributed by atoms with E-state index in [0.717, 1.165) is 18.5 Å². The Hall–Kier alpha value is -0.870. The molecule has 4 heteroatoms. The largest absolute Gasteiger partial charge is 0.393 e. The molecule has 15 heavy (non-hydrogen) atoms. The molecule has 1 aromatic heterocycles. The van der Waals surface area contributed by atoms with Gasteiger partial charge in [-0.05, 0) is 26.7 Å². The van der Waals surface area contributed by atoms with Crippen molar-refractivity contribution >= 4 is 0 Å². The average Bonchev–Trinajstić information content (AvgIpc) is 2.42. The van der Waals surface area contributed by atoms with Crippen LogP contribution < -0.4 is 5.32 Å². The van der Waals surface area contributed by atoms with E-state index in [-0.39, 0.29) is 6.10 Å². The van der Waals surface area contributed by atoms with Crippen LogP contribution in [0.2, 0.25) is 0 Å². The number of rotatable bonds is 3. The quantitative estimate of drug-likeness (QED) is 0.777. The summed E-state index contributed by atoms with van der Waals surface area (Å²) < 4.78 is 1.85. The summed E-state index contributed by atoms with van der Waals surface area (Å²) in [6, 6.07) is 0.783. The number of aryl methyl sites for hydroxylation is 2. The summed E-state index contributed by atoms with van der Waals surface area (Å²) in [5, 5.41) is 17.0. The Bertz CT molecular complexity index is 342. The first-order valence-electron chi connectivity index (χ1n) is 5.50. The fourth-order valence-electron chi connectivity index (χ4n) is 2.21. The van der Waals surface area contributed by atoms with Gasteiger partial charge in [0.05, 0.1) is 11.8 Å². The molecule has 1 aliphatic rings. The second-order valence-electron chi connectivity index (χ2n) is 4.55. The van der Waals surface area contributed by atoms with Gasteiger partial charge in [-0.2, -0.15) is 5.10 Å². The van der Waals surface area contributed by atoms with Gasteiger partial charge < -0.3 is 10.4 Å². The number of aromatic nitrogens is 2. The van der Waals surface area contributed by atoms with E-state index in [1.54, 1.807) is 0 Å². The van der Waals surface area contributed by atoms with Crippen LogP contribution in [0.15, 0.2) is 6.20 Å². The van der Waals surface area contributed by atoms with Gasteiger partial charge in [0.15, 0.2) is 0 Å². The maximum absolute atomic E-state index is 9.20. The lowest BCUT2D eigenvalue weighted by Crippen LogP contribution is -2.45. The number of aliphatic hydroxyl groups is 1. The standard InChI is InChI=1S/C11H19N3O/c1-7(12-9-4-10(15)5-9)11-6-14(3)13-8(11)2/h6-7,9-10,12,15H,4-5H2,1-3H3. The smallest absolute Gasteiger partial charge is 0.0641 e. The first-order chi connectivity index (χ1) is 7.06. The number of nitrogens with one attached hydrogen (secondary N) is 1. The Morgan fingerprint density at radius 2 is 2.27 bits per heavy atom. The fraction of sp³-hybridized carbons (Fsp3) is 0.727. The Labute approximate surface area is 90.3 Å². The van der Waals surface area contributed by atoms with Crippen molar-refractivity contribution in [3.8, 4) is 0 Å². The molecule has 2 rings (SSSR count). The van der Waals surface area contributed by atoms with Gasteiger partial charge in [-0.15, -0.1) is 0 Å². The molecule has 0 amide bonds. The number of nitrogens with zero attached hydrogens (tertiary/aromatic N) is 2. The van der Waals surface area contributed by atoms with Crippen molar-refractivity contribution < 1.29 is 5.11 Å². The summed E-state index contributed by atoms with van der Waals surface area (Å²) in [6.07, 6.45) is 3.72. The van der Waals surface area contributed by atoms with E-state index >= 15 is 0 Å². The van der Waals surface area contributed by atoms with Crippen molar-refractivity contribution in [2.24, 2.45) is 7.05 Å². The zero-order chi connectivity index (χ0) is 11.0. The highest BCUT2D eigenvalue weighted by atomic mass is 16.3. The van der Waals surface area contributed by atoms with Crippen LogP contribution >= 0.6 is 0 Å². The number of hydrogen-bond acceptors (Lipinski definition) is 3. The maximum Gasteiger partial charge on any atom is 0.0641 e. The highest BCUT2D eigenvalue weighted by molar-refractivity contribution is 5.19. The predicted octanol–water partition coefficient (Wildman–Crippen LogP) is 0.902. The van der Waals surface area contributed by atoms with Gasteiger partial charge in [0, 0.05) is 30.9 Å². The van der Waals surface area contributed by atoms with Gasteiger partial charge in [0.1, 0.15) is 0 Å². The normalized spacial score (nSPS) is 27.5. The molecule has 1 heterocycles. The van der Waals surface area contributed by atoms with Crippen LogP contribution in [0.3, 0.4) is 0 Å². The molecule has 0 bridgehead atoms. The second kappa shape index (κ2) is 3.94. The van der Waals surface area contributed by atoms with Crippen LogP contribution in [0.5, 0.6) is 0 Å². The van der Waals surface area contributed by atoms with E-state index in [1.165, 1.54) is 5.56 Å². The van der Waals surface area contributed by atoms with E-state index in [4.69, 9.17) is 0 Å². The summed E-state index contributed by atoms with van der Waals surface area (Å²) in [5.41, 5.74) is 2.33. The van der Waals surface area contributed by atoms with Gasteiger partial charge in [0.25, 0.3) is 0 Å². The molecule has 1 unspecified atom stereocenters. The Kier molecular flexibility index (Phi) is 2.80. The Morgan fingerprint density at radius 1 is 1.60 bits per heavy atom. The van der Waals surface area contributed by atoms with Crippen LogP contribution in [-0.2, 0) is 7.05 Å². The van der Waals surface area contributed by atoms with E-state index in [0.29, 0.717) is 12.1 Å². The van der Waals surface area contributed by atoms with Gasteiger partial charge >= 0.3 is 0 Å². The summed E-state index contributed by atoms with van der Waals surface area (Å²) in [5.74, 6) is 0. The van der Waals surface area contributed by atoms with Crippen LogP contribution in [0, 0.1) is 6.92 Å². The van der Waals surface area contributed by atoms with E-state index in [2.05, 4.69) is 23.5 Å². The number of aliphatic hydroxyl groups excluding tert-OH is 1. The molecule has 4 nitrogen and oxygen atoms in total. The fourth-order valence-corrected chi connectivity index (χ4v) is 2.21. The molecule has 0 spiro atoms. The molecule has 0 aromatic carbocycles. The first-order valence-corrected chi connectivity index (χ1v) is 5.50. The van der Waals surface area contributed by atoms with Crippen LogP contribution in [0.4, 0.5) is 0 Å². The zero-order valence-corrected chi connectivity index (χ0v) is 9.57. The highest BCUT2D eigenvalue weighted by Gasteiger charge is 2.28. The predicted molar refractivity (Wildman–Crippen MR) is 58.5 cm³/mol. The topological polar surface area (TPSA) is 50.1 Å². The van der Waals surface area contributed by atoms with Crippen molar-refractivity contribution in [3.05, 3.63) is 17.5 Å². The van der Waals surface area contributed by atoms with Crippen LogP contribution in [0.1, 0.15) is 37.1 Å². The van der Waals surface area contributed by atoms with Gasteiger partial charge in [-0.25, -0.2) is 0 Å². The molecule has 1 fully saturated rings. The Balaban J connectivity index is 1.95. The van der Waals surface area contributed by atoms with Gasteiger partial charge in [-0.1, -0.05) is 0 Å². The molecule has 84 valence electrons. The maximum atomic E-state index is 9.20. The van der Waals surface area contributed by atoms with E-state index < -0.39 is 0 Å². The molecule has 0 aliphatic heterocycles. The molecule has 0 radical (unpaired) electrons. The van der Waals surface area contributed by atoms with Crippen molar-refractivity contribution in [2.75, 3.05) is 0 Å². The molecule has 2 N–H and O–H groups in total. The lowest BCUT2D eigenvalue weighted by atomic mass is 9.88. The van der Waals surface area contributed by atoms with Crippen molar-refractivity contribution in [3.63, 3.8) is 0 Å². The van der Waals surface area contributed by atoms with Crippen LogP contribution in [-0.4, -0.2) is 27.0 Å². The summed E-state index contributed by atoms with van der Waals surface area (Å²) in [6.45, 7) is 4.18. The Morgan fingerprint density at radius 3 is 2.73 bits per heavy atom. The first kappa shape index (κ1) is 10.6. The van der Waals surface area contributed by atoms with Crippen LogP contribution in [0.25, 0.3) is 0 Å². The number of hydrogen-bond donors (Lipinski definition) is 2. The SMILES string of the molecule is Cc1nn(C)cc1C(C)NC1CC(O)C1. The minimum absolute atomic E-state index is 0.0929. The van der Waals surface area contributed by atoms with Crippen molar-refractivity contribution in [1.29, 1.82) is 0 Å². The van der Waals surface area contributed by atoms with E-state index in [9.17, 15) is 5.11 Å². The molecular formula is C11H19N3O. The monoisotopic (exact) mass is 209 g/mol. The summed E-state index contributed by atoms with van der Waals surface area (Å²) >= 11 is 0. The lowest BCUT2D eigenvalue weighted by molar-refractivity contribution is 0.0585. The average molecular weight is 209 g/mol. The van der Waals surface area contributed by atoms with Gasteiger partial charge in [0.2, 0.25) is 0 Å². The van der Waals surface area contributed by atoms with Crippen molar-refractivity contribution in [2.45, 2.75) is 44.9 Å². The molecule has 1 saturated carbocycles. The zero-order valence-electron chi connectivity index (χ0n) is 9.57. The third-order valence-corrected chi connectivity index (χ3v) is 3.12. The molecule has 1 atom stereocenters. The minimum atomic E-state index is -0.0929. The lowest BCUT2D eigenvalue weighted by Gasteiger charge is -2.34. The third-order valence-electron chi connectivity index (χ3n) is 3.12.